The Bertz CT molecular complexity index is 607. The highest BCUT2D eigenvalue weighted by atomic mass is 32.2. The summed E-state index contributed by atoms with van der Waals surface area (Å²) in [6.45, 7) is 3.11. The lowest BCUT2D eigenvalue weighted by atomic mass is 10.1. The first-order valence-corrected chi connectivity index (χ1v) is 7.34. The molecule has 0 saturated carbocycles. The Hall–Kier alpha value is -1.76. The van der Waals surface area contributed by atoms with E-state index in [1.807, 2.05) is 0 Å². The second-order valence-corrected chi connectivity index (χ2v) is 6.59. The van der Waals surface area contributed by atoms with Gasteiger partial charge >= 0.3 is 10.1 Å². The smallest absolute Gasteiger partial charge is 0.311 e. The number of benzene rings is 1. The van der Waals surface area contributed by atoms with Crippen molar-refractivity contribution >= 4 is 16.0 Å². The number of aryl methyl sites for hydroxylation is 1. The topological polar surface area (TPSA) is 85.2 Å². The monoisotopic (exact) mass is 285 g/mol. The molecule has 6 nitrogen and oxygen atoms in total. The lowest BCUT2D eigenvalue weighted by Crippen LogP contribution is -2.20. The van der Waals surface area contributed by atoms with Gasteiger partial charge in [-0.3, -0.25) is 0 Å². The van der Waals surface area contributed by atoms with Crippen LogP contribution in [0.4, 0.5) is 0 Å². The highest BCUT2D eigenvalue weighted by Crippen LogP contribution is 2.30. The van der Waals surface area contributed by atoms with Crippen LogP contribution in [0.2, 0.25) is 0 Å². The van der Waals surface area contributed by atoms with E-state index in [9.17, 15) is 8.42 Å². The second-order valence-electron chi connectivity index (χ2n) is 4.49. The molecular weight excluding hydrogens is 270 g/mol. The van der Waals surface area contributed by atoms with Crippen molar-refractivity contribution in [2.75, 3.05) is 0 Å². The predicted molar refractivity (Wildman–Crippen MR) is 69.3 cm³/mol. The van der Waals surface area contributed by atoms with E-state index < -0.39 is 15.4 Å². The summed E-state index contributed by atoms with van der Waals surface area (Å²) in [5.41, 5.74) is 0.823. The minimum atomic E-state index is -3.60. The molecule has 19 heavy (non-hydrogen) atoms. The van der Waals surface area contributed by atoms with Crippen molar-refractivity contribution in [1.29, 1.82) is 0 Å². The summed E-state index contributed by atoms with van der Waals surface area (Å²) in [6, 6.07) is 4.74. The molecule has 0 bridgehead atoms. The summed E-state index contributed by atoms with van der Waals surface area (Å²) in [4.78, 5) is 0. The van der Waals surface area contributed by atoms with Gasteiger partial charge in [0.15, 0.2) is 0 Å². The van der Waals surface area contributed by atoms with Crippen LogP contribution in [0.1, 0.15) is 25.8 Å². The quantitative estimate of drug-likeness (QED) is 0.521. The molecule has 1 aromatic carbocycles. The van der Waals surface area contributed by atoms with Crippen molar-refractivity contribution < 1.29 is 22.5 Å². The molecule has 0 radical (unpaired) electrons. The van der Waals surface area contributed by atoms with Gasteiger partial charge in [0, 0.05) is 6.42 Å². The van der Waals surface area contributed by atoms with Crippen LogP contribution in [-0.2, 0) is 16.5 Å². The number of rotatable bonds is 3. The fraction of sp³-hybridized carbons (Fsp3) is 0.417. The van der Waals surface area contributed by atoms with Gasteiger partial charge in [0.05, 0.1) is 5.25 Å². The molecule has 7 heteroatoms. The van der Waals surface area contributed by atoms with E-state index in [1.165, 1.54) is 6.07 Å². The van der Waals surface area contributed by atoms with Crippen molar-refractivity contribution in [2.24, 2.45) is 5.16 Å². The lowest BCUT2D eigenvalue weighted by molar-refractivity contribution is 0.298. The van der Waals surface area contributed by atoms with Gasteiger partial charge in [0.25, 0.3) is 0 Å². The molecule has 0 saturated heterocycles. The van der Waals surface area contributed by atoms with Gasteiger partial charge in [-0.05, 0) is 44.0 Å². The zero-order chi connectivity index (χ0) is 14.0. The summed E-state index contributed by atoms with van der Waals surface area (Å²) in [5, 5.41) is 11.1. The molecule has 1 heterocycles. The maximum atomic E-state index is 11.7. The molecule has 1 aliphatic heterocycles. The number of hydrogen-bond acceptors (Lipinski definition) is 6. The largest absolute Gasteiger partial charge is 0.439 e. The molecule has 1 N–H and O–H groups in total. The van der Waals surface area contributed by atoms with E-state index in [0.29, 0.717) is 18.6 Å². The Morgan fingerprint density at radius 3 is 2.74 bits per heavy atom. The Labute approximate surface area is 111 Å². The Morgan fingerprint density at radius 1 is 1.37 bits per heavy atom. The second kappa shape index (κ2) is 5.08. The molecule has 2 rings (SSSR count). The van der Waals surface area contributed by atoms with E-state index in [0.717, 1.165) is 5.56 Å². The van der Waals surface area contributed by atoms with Gasteiger partial charge in [0.1, 0.15) is 11.5 Å². The van der Waals surface area contributed by atoms with E-state index in [2.05, 4.69) is 5.16 Å². The molecular formula is C12H15NO5S. The molecule has 1 aromatic rings. The maximum Gasteiger partial charge on any atom is 0.311 e. The number of ether oxygens (including phenoxy) is 1. The summed E-state index contributed by atoms with van der Waals surface area (Å²) in [5.74, 6) is 1.06. The van der Waals surface area contributed by atoms with Crippen molar-refractivity contribution in [3.05, 3.63) is 23.8 Å². The van der Waals surface area contributed by atoms with Gasteiger partial charge < -0.3 is 14.1 Å². The van der Waals surface area contributed by atoms with Crippen molar-refractivity contribution in [2.45, 2.75) is 31.9 Å². The van der Waals surface area contributed by atoms with E-state index in [4.69, 9.17) is 14.1 Å². The molecule has 0 aromatic heterocycles. The zero-order valence-electron chi connectivity index (χ0n) is 10.7. The van der Waals surface area contributed by atoms with Gasteiger partial charge in [0.2, 0.25) is 5.90 Å². The van der Waals surface area contributed by atoms with E-state index in [-0.39, 0.29) is 11.6 Å². The van der Waals surface area contributed by atoms with Crippen molar-refractivity contribution in [1.82, 2.24) is 0 Å². The standard InChI is InChI=1S/C12H15NO5S/c1-8(2)19(15,16)18-10-4-5-11-9(7-10)3-6-12(13-14)17-11/h4-5,7-8,14H,3,6H2,1-2H3. The first-order chi connectivity index (χ1) is 8.92. The Balaban J connectivity index is 2.24. The first-order valence-electron chi connectivity index (χ1n) is 5.87. The average Bonchev–Trinajstić information content (AvgIpc) is 2.37. The van der Waals surface area contributed by atoms with Crippen molar-refractivity contribution in [3.63, 3.8) is 0 Å². The van der Waals surface area contributed by atoms with Gasteiger partial charge in [-0.1, -0.05) is 5.16 Å². The highest BCUT2D eigenvalue weighted by molar-refractivity contribution is 7.87. The normalized spacial score (nSPS) is 17.1. The Morgan fingerprint density at radius 2 is 2.11 bits per heavy atom. The average molecular weight is 285 g/mol. The summed E-state index contributed by atoms with van der Waals surface area (Å²) in [7, 11) is -3.60. The molecule has 1 aliphatic rings. The third-order valence-corrected chi connectivity index (χ3v) is 4.35. The van der Waals surface area contributed by atoms with Crippen LogP contribution in [0.3, 0.4) is 0 Å². The SMILES string of the molecule is CC(C)S(=O)(=O)Oc1ccc2c(c1)CCC(=NO)O2. The number of nitrogens with zero attached hydrogens (tertiary/aromatic N) is 1. The zero-order valence-corrected chi connectivity index (χ0v) is 11.5. The summed E-state index contributed by atoms with van der Waals surface area (Å²) >= 11 is 0. The fourth-order valence-electron chi connectivity index (χ4n) is 1.62. The van der Waals surface area contributed by atoms with Crippen LogP contribution in [0, 0.1) is 0 Å². The number of hydrogen-bond donors (Lipinski definition) is 1. The number of oxime groups is 1. The van der Waals surface area contributed by atoms with E-state index >= 15 is 0 Å². The Kier molecular flexibility index (Phi) is 3.66. The van der Waals surface area contributed by atoms with Crippen LogP contribution in [0.5, 0.6) is 11.5 Å². The third-order valence-electron chi connectivity index (χ3n) is 2.77. The van der Waals surface area contributed by atoms with E-state index in [1.54, 1.807) is 26.0 Å². The fourth-order valence-corrected chi connectivity index (χ4v) is 2.19. The summed E-state index contributed by atoms with van der Waals surface area (Å²) < 4.78 is 33.6. The molecule has 0 spiro atoms. The third kappa shape index (κ3) is 2.98. The number of fused-ring (bicyclic) bond motifs is 1. The molecule has 0 fully saturated rings. The maximum absolute atomic E-state index is 11.7. The molecule has 0 unspecified atom stereocenters. The van der Waals surface area contributed by atoms with Gasteiger partial charge in [-0.15, -0.1) is 0 Å². The summed E-state index contributed by atoms with van der Waals surface area (Å²) in [6.07, 6.45) is 1.07. The highest BCUT2D eigenvalue weighted by Gasteiger charge is 2.21. The van der Waals surface area contributed by atoms with Crippen LogP contribution >= 0.6 is 0 Å². The minimum absolute atomic E-state index is 0.246. The minimum Gasteiger partial charge on any atom is -0.439 e. The van der Waals surface area contributed by atoms with Crippen LogP contribution in [-0.4, -0.2) is 24.8 Å². The molecule has 0 atom stereocenters. The van der Waals surface area contributed by atoms with Crippen molar-refractivity contribution in [3.8, 4) is 11.5 Å². The van der Waals surface area contributed by atoms with Gasteiger partial charge in [-0.2, -0.15) is 8.42 Å². The molecule has 0 amide bonds. The van der Waals surface area contributed by atoms with Crippen LogP contribution in [0.25, 0.3) is 0 Å². The molecule has 0 aliphatic carbocycles. The van der Waals surface area contributed by atoms with Gasteiger partial charge in [-0.25, -0.2) is 0 Å². The lowest BCUT2D eigenvalue weighted by Gasteiger charge is -2.18. The predicted octanol–water partition coefficient (Wildman–Crippen LogP) is 1.92. The van der Waals surface area contributed by atoms with Crippen LogP contribution < -0.4 is 8.92 Å². The molecule has 104 valence electrons. The first kappa shape index (κ1) is 13.7. The van der Waals surface area contributed by atoms with Crippen LogP contribution in [0.15, 0.2) is 23.4 Å².